The Morgan fingerprint density at radius 1 is 0.952 bits per heavy atom. The summed E-state index contributed by atoms with van der Waals surface area (Å²) >= 11 is 0. The molecule has 0 spiro atoms. The molecular weight excluding hydrogens is 260 g/mol. The molecule has 0 fully saturated rings. The van der Waals surface area contributed by atoms with Crippen molar-refractivity contribution in [1.82, 2.24) is 20.3 Å². The Morgan fingerprint density at radius 2 is 1.71 bits per heavy atom. The molecule has 2 aromatic heterocycles. The van der Waals surface area contributed by atoms with E-state index < -0.39 is 0 Å². The van der Waals surface area contributed by atoms with Gasteiger partial charge in [0.2, 0.25) is 0 Å². The number of nitrogens with one attached hydrogen (secondary N) is 2. The van der Waals surface area contributed by atoms with Gasteiger partial charge < -0.3 is 10.3 Å². The second-order valence-electron chi connectivity index (χ2n) is 4.91. The minimum Gasteiger partial charge on any atom is -0.348 e. The summed E-state index contributed by atoms with van der Waals surface area (Å²) in [5.74, 6) is 0. The number of rotatable bonds is 6. The van der Waals surface area contributed by atoms with Gasteiger partial charge in [0.05, 0.1) is 12.4 Å². The van der Waals surface area contributed by atoms with Crippen LogP contribution in [-0.2, 0) is 6.42 Å². The monoisotopic (exact) mass is 278 g/mol. The number of benzene rings is 1. The van der Waals surface area contributed by atoms with Gasteiger partial charge in [0.25, 0.3) is 0 Å². The fraction of sp³-hybridized carbons (Fsp3) is 0.176. The van der Waals surface area contributed by atoms with Crippen molar-refractivity contribution in [3.05, 3.63) is 84.2 Å². The van der Waals surface area contributed by atoms with E-state index in [1.54, 1.807) is 6.33 Å². The highest BCUT2D eigenvalue weighted by Crippen LogP contribution is 2.21. The van der Waals surface area contributed by atoms with E-state index in [1.807, 2.05) is 24.7 Å². The zero-order valence-corrected chi connectivity index (χ0v) is 11.7. The Labute approximate surface area is 124 Å². The van der Waals surface area contributed by atoms with Gasteiger partial charge in [-0.15, -0.1) is 0 Å². The quantitative estimate of drug-likeness (QED) is 0.729. The zero-order chi connectivity index (χ0) is 14.3. The van der Waals surface area contributed by atoms with Crippen LogP contribution < -0.4 is 5.32 Å². The van der Waals surface area contributed by atoms with Gasteiger partial charge in [-0.2, -0.15) is 0 Å². The predicted octanol–water partition coefficient (Wildman–Crippen LogP) is 2.73. The Morgan fingerprint density at radius 3 is 2.43 bits per heavy atom. The largest absolute Gasteiger partial charge is 0.348 e. The van der Waals surface area contributed by atoms with E-state index in [4.69, 9.17) is 0 Å². The maximum atomic E-state index is 4.10. The van der Waals surface area contributed by atoms with E-state index in [2.05, 4.69) is 56.7 Å². The van der Waals surface area contributed by atoms with Crippen molar-refractivity contribution in [2.24, 2.45) is 0 Å². The van der Waals surface area contributed by atoms with Crippen molar-refractivity contribution in [3.8, 4) is 0 Å². The second kappa shape index (κ2) is 6.81. The van der Waals surface area contributed by atoms with Crippen LogP contribution in [0.2, 0.25) is 0 Å². The lowest BCUT2D eigenvalue weighted by molar-refractivity contribution is 0.602. The van der Waals surface area contributed by atoms with Gasteiger partial charge in [-0.3, -0.25) is 4.98 Å². The number of hydrogen-bond acceptors (Lipinski definition) is 3. The molecule has 1 atom stereocenters. The van der Waals surface area contributed by atoms with E-state index in [0.717, 1.165) is 18.7 Å². The van der Waals surface area contributed by atoms with Crippen molar-refractivity contribution in [2.45, 2.75) is 12.5 Å². The number of aromatic amines is 1. The summed E-state index contributed by atoms with van der Waals surface area (Å²) in [5, 5.41) is 3.62. The number of nitrogens with zero attached hydrogens (tertiary/aromatic N) is 2. The summed E-state index contributed by atoms with van der Waals surface area (Å²) in [6.07, 6.45) is 8.18. The minimum absolute atomic E-state index is 0.178. The molecule has 106 valence electrons. The lowest BCUT2D eigenvalue weighted by Gasteiger charge is -2.19. The first-order valence-electron chi connectivity index (χ1n) is 7.09. The van der Waals surface area contributed by atoms with Crippen LogP contribution in [0.5, 0.6) is 0 Å². The van der Waals surface area contributed by atoms with Crippen LogP contribution in [0.1, 0.15) is 22.9 Å². The zero-order valence-electron chi connectivity index (χ0n) is 11.7. The van der Waals surface area contributed by atoms with Crippen LogP contribution in [0.25, 0.3) is 0 Å². The highest BCUT2D eigenvalue weighted by atomic mass is 14.9. The molecule has 4 nitrogen and oxygen atoms in total. The number of imidazole rings is 1. The molecule has 0 radical (unpaired) electrons. The molecule has 3 aromatic rings. The molecular formula is C17H18N4. The average molecular weight is 278 g/mol. The third kappa shape index (κ3) is 3.55. The normalized spacial score (nSPS) is 12.2. The molecule has 2 N–H and O–H groups in total. The summed E-state index contributed by atoms with van der Waals surface area (Å²) in [7, 11) is 0. The topological polar surface area (TPSA) is 53.6 Å². The van der Waals surface area contributed by atoms with E-state index >= 15 is 0 Å². The van der Waals surface area contributed by atoms with E-state index in [1.165, 1.54) is 11.1 Å². The lowest BCUT2D eigenvalue weighted by atomic mass is 9.99. The minimum atomic E-state index is 0.178. The van der Waals surface area contributed by atoms with Gasteiger partial charge in [-0.05, 0) is 23.3 Å². The van der Waals surface area contributed by atoms with Crippen LogP contribution in [0.3, 0.4) is 0 Å². The summed E-state index contributed by atoms with van der Waals surface area (Å²) < 4.78 is 0. The number of pyridine rings is 1. The molecule has 0 aliphatic carbocycles. The first-order chi connectivity index (χ1) is 10.4. The molecule has 2 heterocycles. The lowest BCUT2D eigenvalue weighted by Crippen LogP contribution is -2.24. The van der Waals surface area contributed by atoms with Crippen LogP contribution in [-0.4, -0.2) is 21.5 Å². The van der Waals surface area contributed by atoms with E-state index in [0.29, 0.717) is 0 Å². The van der Waals surface area contributed by atoms with E-state index in [9.17, 15) is 0 Å². The Hall–Kier alpha value is -2.46. The standard InChI is InChI=1S/C17H18N4/c1-2-4-14(5-3-1)17(15-6-9-18-10-7-15)20-11-8-16-12-19-13-21-16/h1-7,9-10,12-13,17,20H,8,11H2,(H,19,21). The Balaban J connectivity index is 1.73. The molecule has 0 bridgehead atoms. The molecule has 0 saturated carbocycles. The fourth-order valence-corrected chi connectivity index (χ4v) is 2.40. The molecule has 3 rings (SSSR count). The van der Waals surface area contributed by atoms with Crippen LogP contribution in [0.15, 0.2) is 67.4 Å². The second-order valence-corrected chi connectivity index (χ2v) is 4.91. The first-order valence-corrected chi connectivity index (χ1v) is 7.09. The van der Waals surface area contributed by atoms with E-state index in [-0.39, 0.29) is 6.04 Å². The molecule has 21 heavy (non-hydrogen) atoms. The molecule has 0 saturated heterocycles. The highest BCUT2D eigenvalue weighted by molar-refractivity contribution is 5.30. The number of H-pyrrole nitrogens is 1. The van der Waals surface area contributed by atoms with Gasteiger partial charge in [0.1, 0.15) is 0 Å². The Kier molecular flexibility index (Phi) is 4.39. The van der Waals surface area contributed by atoms with Crippen LogP contribution in [0, 0.1) is 0 Å². The van der Waals surface area contributed by atoms with Gasteiger partial charge in [-0.1, -0.05) is 30.3 Å². The predicted molar refractivity (Wildman–Crippen MR) is 82.8 cm³/mol. The van der Waals surface area contributed by atoms with Crippen molar-refractivity contribution in [2.75, 3.05) is 6.54 Å². The molecule has 1 aromatic carbocycles. The van der Waals surface area contributed by atoms with Crippen molar-refractivity contribution in [3.63, 3.8) is 0 Å². The molecule has 0 aliphatic rings. The summed E-state index contributed by atoms with van der Waals surface area (Å²) in [6.45, 7) is 0.879. The third-order valence-corrected chi connectivity index (χ3v) is 3.47. The Bertz CT molecular complexity index is 596. The summed E-state index contributed by atoms with van der Waals surface area (Å²) in [6, 6.07) is 14.8. The van der Waals surface area contributed by atoms with Gasteiger partial charge in [-0.25, -0.2) is 4.98 Å². The third-order valence-electron chi connectivity index (χ3n) is 3.47. The van der Waals surface area contributed by atoms with Crippen LogP contribution in [0.4, 0.5) is 0 Å². The molecule has 1 unspecified atom stereocenters. The fourth-order valence-electron chi connectivity index (χ4n) is 2.40. The molecule has 0 aliphatic heterocycles. The summed E-state index contributed by atoms with van der Waals surface area (Å²) in [5.41, 5.74) is 3.62. The smallest absolute Gasteiger partial charge is 0.0921 e. The average Bonchev–Trinajstić information content (AvgIpc) is 3.07. The maximum absolute atomic E-state index is 4.10. The number of aromatic nitrogens is 3. The maximum Gasteiger partial charge on any atom is 0.0921 e. The summed E-state index contributed by atoms with van der Waals surface area (Å²) in [4.78, 5) is 11.3. The SMILES string of the molecule is c1ccc(C(NCCc2cnc[nH]2)c2ccncc2)cc1. The van der Waals surface area contributed by atoms with Crippen molar-refractivity contribution < 1.29 is 0 Å². The highest BCUT2D eigenvalue weighted by Gasteiger charge is 2.12. The van der Waals surface area contributed by atoms with Crippen LogP contribution >= 0.6 is 0 Å². The number of hydrogen-bond donors (Lipinski definition) is 2. The van der Waals surface area contributed by atoms with Gasteiger partial charge in [0.15, 0.2) is 0 Å². The van der Waals surface area contributed by atoms with Gasteiger partial charge in [0, 0.05) is 37.3 Å². The van der Waals surface area contributed by atoms with Crippen molar-refractivity contribution >= 4 is 0 Å². The van der Waals surface area contributed by atoms with Gasteiger partial charge >= 0.3 is 0 Å². The van der Waals surface area contributed by atoms with Crippen molar-refractivity contribution in [1.29, 1.82) is 0 Å². The first kappa shape index (κ1) is 13.5. The molecule has 4 heteroatoms. The molecule has 0 amide bonds.